The van der Waals surface area contributed by atoms with Gasteiger partial charge in [-0.15, -0.1) is 0 Å². The van der Waals surface area contributed by atoms with Crippen LogP contribution >= 0.6 is 0 Å². The number of Topliss-reactive ketones (excluding diaryl/α,β-unsaturated/α-hetero) is 1. The first kappa shape index (κ1) is 14.5. The second-order valence-corrected chi connectivity index (χ2v) is 6.34. The molecular weight excluding hydrogens is 238 g/mol. The molecule has 1 aliphatic carbocycles. The molecule has 0 aromatic rings. The summed E-state index contributed by atoms with van der Waals surface area (Å²) in [5.41, 5.74) is 0. The van der Waals surface area contributed by atoms with Crippen molar-refractivity contribution in [1.29, 1.82) is 0 Å². The minimum atomic E-state index is 0.194. The number of amides is 1. The molecule has 0 N–H and O–H groups in total. The summed E-state index contributed by atoms with van der Waals surface area (Å²) in [6.45, 7) is 5.50. The summed E-state index contributed by atoms with van der Waals surface area (Å²) < 4.78 is 0. The van der Waals surface area contributed by atoms with E-state index < -0.39 is 0 Å². The number of rotatable bonds is 3. The normalized spacial score (nSPS) is 29.3. The number of carbonyl (C=O) groups is 2. The molecule has 1 amide bonds. The van der Waals surface area contributed by atoms with Crippen LogP contribution in [0.2, 0.25) is 0 Å². The van der Waals surface area contributed by atoms with E-state index in [1.807, 2.05) is 4.90 Å². The monoisotopic (exact) mass is 265 g/mol. The van der Waals surface area contributed by atoms with Gasteiger partial charge >= 0.3 is 0 Å². The third-order valence-electron chi connectivity index (χ3n) is 5.15. The molecule has 0 unspecified atom stereocenters. The van der Waals surface area contributed by atoms with Crippen LogP contribution in [0.25, 0.3) is 0 Å². The van der Waals surface area contributed by atoms with Gasteiger partial charge in [-0.2, -0.15) is 0 Å². The topological polar surface area (TPSA) is 37.4 Å². The third-order valence-corrected chi connectivity index (χ3v) is 5.15. The molecule has 3 nitrogen and oxygen atoms in total. The van der Waals surface area contributed by atoms with Crippen LogP contribution in [0, 0.1) is 17.8 Å². The summed E-state index contributed by atoms with van der Waals surface area (Å²) in [6, 6.07) is 0. The van der Waals surface area contributed by atoms with Crippen molar-refractivity contribution >= 4 is 11.7 Å². The van der Waals surface area contributed by atoms with Gasteiger partial charge in [-0.05, 0) is 51.4 Å². The van der Waals surface area contributed by atoms with Gasteiger partial charge in [0, 0.05) is 24.9 Å². The second kappa shape index (κ2) is 6.53. The molecular formula is C16H27NO2. The molecule has 0 spiro atoms. The van der Waals surface area contributed by atoms with Crippen LogP contribution in [-0.2, 0) is 9.59 Å². The fourth-order valence-corrected chi connectivity index (χ4v) is 3.58. The van der Waals surface area contributed by atoms with Crippen molar-refractivity contribution < 1.29 is 9.59 Å². The number of hydrogen-bond donors (Lipinski definition) is 0. The molecule has 2 rings (SSSR count). The van der Waals surface area contributed by atoms with Crippen molar-refractivity contribution in [3.63, 3.8) is 0 Å². The van der Waals surface area contributed by atoms with Gasteiger partial charge in [-0.3, -0.25) is 9.59 Å². The van der Waals surface area contributed by atoms with Crippen molar-refractivity contribution in [3.05, 3.63) is 0 Å². The summed E-state index contributed by atoms with van der Waals surface area (Å²) in [4.78, 5) is 25.8. The Labute approximate surface area is 116 Å². The Bertz CT molecular complexity index is 324. The van der Waals surface area contributed by atoms with Gasteiger partial charge in [0.2, 0.25) is 5.91 Å². The number of nitrogens with zero attached hydrogens (tertiary/aromatic N) is 1. The Morgan fingerprint density at radius 1 is 0.947 bits per heavy atom. The smallest absolute Gasteiger partial charge is 0.225 e. The van der Waals surface area contributed by atoms with Gasteiger partial charge in [0.1, 0.15) is 5.78 Å². The Morgan fingerprint density at radius 3 is 2.00 bits per heavy atom. The number of piperidine rings is 1. The highest BCUT2D eigenvalue weighted by atomic mass is 16.2. The van der Waals surface area contributed by atoms with E-state index in [0.29, 0.717) is 5.91 Å². The molecule has 0 aromatic heterocycles. The first-order valence-corrected chi connectivity index (χ1v) is 7.91. The van der Waals surface area contributed by atoms with Crippen LogP contribution in [0.4, 0.5) is 0 Å². The van der Waals surface area contributed by atoms with Crippen LogP contribution in [0.15, 0.2) is 0 Å². The average molecular weight is 265 g/mol. The molecule has 0 atom stereocenters. The summed E-state index contributed by atoms with van der Waals surface area (Å²) in [5, 5.41) is 0. The van der Waals surface area contributed by atoms with E-state index in [1.165, 1.54) is 19.3 Å². The lowest BCUT2D eigenvalue weighted by molar-refractivity contribution is -0.139. The van der Waals surface area contributed by atoms with E-state index in [2.05, 4.69) is 6.92 Å². The molecule has 1 saturated heterocycles. The highest BCUT2D eigenvalue weighted by Crippen LogP contribution is 2.32. The minimum absolute atomic E-state index is 0.194. The maximum atomic E-state index is 12.5. The predicted molar refractivity (Wildman–Crippen MR) is 75.7 cm³/mol. The van der Waals surface area contributed by atoms with E-state index >= 15 is 0 Å². The van der Waals surface area contributed by atoms with E-state index in [1.54, 1.807) is 6.92 Å². The standard InChI is InChI=1S/C16H27NO2/c1-3-13-4-6-15(7-5-13)16(19)17-10-8-14(9-11-17)12(2)18/h13-15H,3-11H2,1-2H3/t13-,15-. The van der Waals surface area contributed by atoms with Crippen molar-refractivity contribution in [2.45, 2.75) is 58.8 Å². The lowest BCUT2D eigenvalue weighted by Crippen LogP contribution is -2.43. The molecule has 1 heterocycles. The first-order chi connectivity index (χ1) is 9.11. The van der Waals surface area contributed by atoms with Crippen LogP contribution in [0.3, 0.4) is 0 Å². The largest absolute Gasteiger partial charge is 0.342 e. The fraction of sp³-hybridized carbons (Fsp3) is 0.875. The van der Waals surface area contributed by atoms with Crippen LogP contribution < -0.4 is 0 Å². The summed E-state index contributed by atoms with van der Waals surface area (Å²) in [7, 11) is 0. The van der Waals surface area contributed by atoms with E-state index in [-0.39, 0.29) is 17.6 Å². The Hall–Kier alpha value is -0.860. The van der Waals surface area contributed by atoms with Gasteiger partial charge in [0.25, 0.3) is 0 Å². The van der Waals surface area contributed by atoms with Crippen molar-refractivity contribution in [2.75, 3.05) is 13.1 Å². The lowest BCUT2D eigenvalue weighted by Gasteiger charge is -2.35. The van der Waals surface area contributed by atoms with Crippen LogP contribution in [0.1, 0.15) is 58.8 Å². The molecule has 1 saturated carbocycles. The van der Waals surface area contributed by atoms with Crippen molar-refractivity contribution in [2.24, 2.45) is 17.8 Å². The Morgan fingerprint density at radius 2 is 1.53 bits per heavy atom. The quantitative estimate of drug-likeness (QED) is 0.786. The van der Waals surface area contributed by atoms with Gasteiger partial charge in [0.05, 0.1) is 0 Å². The molecule has 0 bridgehead atoms. The molecule has 19 heavy (non-hydrogen) atoms. The highest BCUT2D eigenvalue weighted by Gasteiger charge is 2.31. The van der Waals surface area contributed by atoms with Gasteiger partial charge in [-0.25, -0.2) is 0 Å². The Balaban J connectivity index is 1.80. The van der Waals surface area contributed by atoms with E-state index in [4.69, 9.17) is 0 Å². The molecule has 108 valence electrons. The number of ketones is 1. The Kier molecular flexibility index (Phi) is 5.00. The van der Waals surface area contributed by atoms with Crippen LogP contribution in [0.5, 0.6) is 0 Å². The molecule has 1 aliphatic heterocycles. The van der Waals surface area contributed by atoms with Gasteiger partial charge in [0.15, 0.2) is 0 Å². The summed E-state index contributed by atoms with van der Waals surface area (Å²) in [6.07, 6.45) is 7.57. The SMILES string of the molecule is CC[C@H]1CC[C@H](C(=O)N2CCC(C(C)=O)CC2)CC1. The minimum Gasteiger partial charge on any atom is -0.342 e. The molecule has 2 aliphatic rings. The third kappa shape index (κ3) is 3.58. The maximum absolute atomic E-state index is 12.5. The zero-order valence-electron chi connectivity index (χ0n) is 12.4. The predicted octanol–water partition coefficient (Wildman–Crippen LogP) is 3.03. The highest BCUT2D eigenvalue weighted by molar-refractivity contribution is 5.81. The van der Waals surface area contributed by atoms with Crippen molar-refractivity contribution in [1.82, 2.24) is 4.90 Å². The van der Waals surface area contributed by atoms with Crippen LogP contribution in [-0.4, -0.2) is 29.7 Å². The zero-order valence-corrected chi connectivity index (χ0v) is 12.4. The van der Waals surface area contributed by atoms with Gasteiger partial charge < -0.3 is 4.90 Å². The molecule has 0 radical (unpaired) electrons. The lowest BCUT2D eigenvalue weighted by atomic mass is 9.80. The van der Waals surface area contributed by atoms with E-state index in [9.17, 15) is 9.59 Å². The first-order valence-electron chi connectivity index (χ1n) is 7.91. The number of hydrogen-bond acceptors (Lipinski definition) is 2. The molecule has 2 fully saturated rings. The van der Waals surface area contributed by atoms with Gasteiger partial charge in [-0.1, -0.05) is 13.3 Å². The summed E-state index contributed by atoms with van der Waals surface area (Å²) in [5.74, 6) is 1.94. The van der Waals surface area contributed by atoms with Crippen molar-refractivity contribution in [3.8, 4) is 0 Å². The molecule has 0 aromatic carbocycles. The number of likely N-dealkylation sites (tertiary alicyclic amines) is 1. The zero-order chi connectivity index (χ0) is 13.8. The van der Waals surface area contributed by atoms with E-state index in [0.717, 1.165) is 44.7 Å². The second-order valence-electron chi connectivity index (χ2n) is 6.34. The fourth-order valence-electron chi connectivity index (χ4n) is 3.58. The number of carbonyl (C=O) groups excluding carboxylic acids is 2. The average Bonchev–Trinajstić information content (AvgIpc) is 2.46. The summed E-state index contributed by atoms with van der Waals surface area (Å²) >= 11 is 0. The maximum Gasteiger partial charge on any atom is 0.225 e. The molecule has 3 heteroatoms.